The lowest BCUT2D eigenvalue weighted by molar-refractivity contribution is -0.161. The van der Waals surface area contributed by atoms with Crippen molar-refractivity contribution in [3.63, 3.8) is 0 Å². The third-order valence-electron chi connectivity index (χ3n) is 17.8. The average Bonchev–Trinajstić information content (AvgIpc) is 2.14. The van der Waals surface area contributed by atoms with Gasteiger partial charge in [-0.15, -0.1) is 0 Å². The Morgan fingerprint density at radius 1 is 0.309 bits per heavy atom. The maximum absolute atomic E-state index is 13.1. The van der Waals surface area contributed by atoms with Crippen LogP contribution in [0.1, 0.15) is 388 Å². The molecular weight excluding hydrogens is 1230 g/mol. The molecule has 0 aliphatic carbocycles. The van der Waals surface area contributed by atoms with Crippen molar-refractivity contribution in [3.8, 4) is 0 Å². The maximum Gasteiger partial charge on any atom is 0.472 e. The highest BCUT2D eigenvalue weighted by Crippen LogP contribution is 2.45. The van der Waals surface area contributed by atoms with Crippen LogP contribution >= 0.6 is 15.6 Å². The Morgan fingerprint density at radius 3 is 0.809 bits per heavy atom. The molecule has 0 heterocycles. The van der Waals surface area contributed by atoms with Gasteiger partial charge in [-0.2, -0.15) is 0 Å². The summed E-state index contributed by atoms with van der Waals surface area (Å²) in [6, 6.07) is 0. The Hall–Kier alpha value is -1.94. The van der Waals surface area contributed by atoms with Crippen molar-refractivity contribution in [2.24, 2.45) is 11.8 Å². The second-order valence-corrected chi connectivity index (χ2v) is 30.7. The molecule has 0 spiro atoms. The third-order valence-corrected chi connectivity index (χ3v) is 19.7. The van der Waals surface area contributed by atoms with Gasteiger partial charge in [0.05, 0.1) is 26.4 Å². The number of ether oxygens (including phenoxy) is 4. The van der Waals surface area contributed by atoms with E-state index < -0.39 is 97.5 Å². The molecular formula is C75H146O17P2. The van der Waals surface area contributed by atoms with Crippen LogP contribution in [-0.4, -0.2) is 96.7 Å². The molecule has 6 atom stereocenters. The SMILES string of the molecule is CCCCCCCCCCCCCCC(=O)O[C@H](COC(=O)CCCCCCCCCCC)COP(=O)(O)OC[C@H](O)COP(=O)(O)OC[C@@H](COC(=O)CCCCCCCCCCCCCCC(C)C)OC(=O)CCCCCCCCCCCCCCCCC(C)CC. The van der Waals surface area contributed by atoms with Gasteiger partial charge in [0, 0.05) is 25.7 Å². The Bertz CT molecular complexity index is 1820. The van der Waals surface area contributed by atoms with Crippen LogP contribution in [0, 0.1) is 11.8 Å². The van der Waals surface area contributed by atoms with Gasteiger partial charge in [0.1, 0.15) is 19.3 Å². The summed E-state index contributed by atoms with van der Waals surface area (Å²) in [4.78, 5) is 72.7. The third kappa shape index (κ3) is 67.3. The molecule has 0 bridgehead atoms. The summed E-state index contributed by atoms with van der Waals surface area (Å²) in [6.45, 7) is 9.64. The molecule has 3 N–H and O–H groups in total. The number of carbonyl (C=O) groups excluding carboxylic acids is 4. The molecule has 0 aromatic heterocycles. The highest BCUT2D eigenvalue weighted by molar-refractivity contribution is 7.47. The number of esters is 4. The molecule has 558 valence electrons. The minimum Gasteiger partial charge on any atom is -0.462 e. The first-order chi connectivity index (χ1) is 45.4. The number of phosphoric acid groups is 2. The van der Waals surface area contributed by atoms with Gasteiger partial charge < -0.3 is 33.8 Å². The van der Waals surface area contributed by atoms with Crippen LogP contribution in [0.4, 0.5) is 0 Å². The van der Waals surface area contributed by atoms with Crippen LogP contribution in [0.15, 0.2) is 0 Å². The summed E-state index contributed by atoms with van der Waals surface area (Å²) in [6.07, 6.45) is 53.9. The van der Waals surface area contributed by atoms with E-state index in [1.54, 1.807) is 0 Å². The molecule has 19 heteroatoms. The largest absolute Gasteiger partial charge is 0.472 e. The van der Waals surface area contributed by atoms with E-state index in [2.05, 4.69) is 41.5 Å². The maximum atomic E-state index is 13.1. The predicted molar refractivity (Wildman–Crippen MR) is 381 cm³/mol. The molecule has 0 aromatic rings. The monoisotopic (exact) mass is 1380 g/mol. The zero-order valence-corrected chi connectivity index (χ0v) is 63.1. The fourth-order valence-electron chi connectivity index (χ4n) is 11.4. The molecule has 0 amide bonds. The van der Waals surface area contributed by atoms with Crippen LogP contribution in [-0.2, 0) is 65.4 Å². The fraction of sp³-hybridized carbons (Fsp3) is 0.947. The molecule has 0 saturated heterocycles. The van der Waals surface area contributed by atoms with E-state index in [1.807, 2.05) is 0 Å². The number of hydrogen-bond donors (Lipinski definition) is 3. The van der Waals surface area contributed by atoms with Crippen molar-refractivity contribution < 1.29 is 80.2 Å². The van der Waals surface area contributed by atoms with Gasteiger partial charge in [-0.3, -0.25) is 37.3 Å². The number of aliphatic hydroxyl groups is 1. The summed E-state index contributed by atoms with van der Waals surface area (Å²) < 4.78 is 68.5. The number of carbonyl (C=O) groups is 4. The predicted octanol–water partition coefficient (Wildman–Crippen LogP) is 21.9. The molecule has 0 rings (SSSR count). The zero-order chi connectivity index (χ0) is 69.3. The van der Waals surface area contributed by atoms with Crippen molar-refractivity contribution in [2.75, 3.05) is 39.6 Å². The van der Waals surface area contributed by atoms with Gasteiger partial charge in [0.25, 0.3) is 0 Å². The fourth-order valence-corrected chi connectivity index (χ4v) is 13.0. The topological polar surface area (TPSA) is 237 Å². The molecule has 0 aliphatic rings. The average molecular weight is 1380 g/mol. The first-order valence-electron chi connectivity index (χ1n) is 39.0. The molecule has 3 unspecified atom stereocenters. The van der Waals surface area contributed by atoms with Crippen LogP contribution < -0.4 is 0 Å². The number of rotatable bonds is 74. The molecule has 0 aliphatic heterocycles. The van der Waals surface area contributed by atoms with Crippen LogP contribution in [0.2, 0.25) is 0 Å². The summed E-state index contributed by atoms with van der Waals surface area (Å²) in [5.74, 6) is -0.489. The van der Waals surface area contributed by atoms with E-state index in [-0.39, 0.29) is 25.7 Å². The lowest BCUT2D eigenvalue weighted by atomic mass is 9.99. The minimum absolute atomic E-state index is 0.107. The molecule has 0 aromatic carbocycles. The van der Waals surface area contributed by atoms with Gasteiger partial charge in [-0.05, 0) is 37.5 Å². The Morgan fingerprint density at radius 2 is 0.543 bits per heavy atom. The van der Waals surface area contributed by atoms with Crippen molar-refractivity contribution in [3.05, 3.63) is 0 Å². The highest BCUT2D eigenvalue weighted by Gasteiger charge is 2.30. The highest BCUT2D eigenvalue weighted by atomic mass is 31.2. The number of hydrogen-bond acceptors (Lipinski definition) is 15. The Kier molecular flexibility index (Phi) is 65.5. The van der Waals surface area contributed by atoms with Crippen molar-refractivity contribution in [1.82, 2.24) is 0 Å². The van der Waals surface area contributed by atoms with Crippen LogP contribution in [0.3, 0.4) is 0 Å². The first kappa shape index (κ1) is 92.1. The van der Waals surface area contributed by atoms with Gasteiger partial charge in [-0.1, -0.05) is 337 Å². The summed E-state index contributed by atoms with van der Waals surface area (Å²) in [5.41, 5.74) is 0. The number of aliphatic hydroxyl groups excluding tert-OH is 1. The quantitative estimate of drug-likeness (QED) is 0.0222. The zero-order valence-electron chi connectivity index (χ0n) is 61.3. The molecule has 94 heavy (non-hydrogen) atoms. The number of unbranched alkanes of at least 4 members (excludes halogenated alkanes) is 43. The van der Waals surface area contributed by atoms with Gasteiger partial charge in [0.15, 0.2) is 12.2 Å². The van der Waals surface area contributed by atoms with E-state index >= 15 is 0 Å². The number of phosphoric ester groups is 2. The van der Waals surface area contributed by atoms with Gasteiger partial charge in [-0.25, -0.2) is 9.13 Å². The lowest BCUT2D eigenvalue weighted by Crippen LogP contribution is -2.30. The van der Waals surface area contributed by atoms with Crippen LogP contribution in [0.5, 0.6) is 0 Å². The lowest BCUT2D eigenvalue weighted by Gasteiger charge is -2.21. The second-order valence-electron chi connectivity index (χ2n) is 27.8. The summed E-state index contributed by atoms with van der Waals surface area (Å²) in [5, 5.41) is 10.6. The Balaban J connectivity index is 5.23. The summed E-state index contributed by atoms with van der Waals surface area (Å²) in [7, 11) is -9.91. The normalized spacial score (nSPS) is 14.3. The van der Waals surface area contributed by atoms with Crippen LogP contribution in [0.25, 0.3) is 0 Å². The minimum atomic E-state index is -4.96. The van der Waals surface area contributed by atoms with E-state index in [4.69, 9.17) is 37.0 Å². The van der Waals surface area contributed by atoms with Crippen molar-refractivity contribution >= 4 is 39.5 Å². The smallest absolute Gasteiger partial charge is 0.462 e. The molecule has 0 fully saturated rings. The van der Waals surface area contributed by atoms with E-state index in [0.29, 0.717) is 25.7 Å². The first-order valence-corrected chi connectivity index (χ1v) is 42.0. The van der Waals surface area contributed by atoms with Gasteiger partial charge in [0.2, 0.25) is 0 Å². The molecule has 0 radical (unpaired) electrons. The second kappa shape index (κ2) is 66.9. The van der Waals surface area contributed by atoms with E-state index in [0.717, 1.165) is 102 Å². The van der Waals surface area contributed by atoms with E-state index in [9.17, 15) is 43.2 Å². The van der Waals surface area contributed by atoms with Crippen molar-refractivity contribution in [1.29, 1.82) is 0 Å². The standard InChI is InChI=1S/C75H146O17P2/c1-7-10-12-14-16-18-19-28-35-41-47-53-59-74(79)91-70(63-85-72(77)57-51-45-39-31-17-15-13-11-8-2)65-89-93(81,82)87-61-69(76)62-88-94(83,84)90-66-71(64-86-73(78)58-52-46-40-34-29-25-24-26-32-37-43-49-55-67(4)5)92-75(80)60-54-48-42-36-30-23-21-20-22-27-33-38-44-50-56-68(6)9-3/h67-71,76H,7-66H2,1-6H3,(H,81,82)(H,83,84)/t68?,69-,70+,71+/m0/s1. The van der Waals surface area contributed by atoms with Gasteiger partial charge >= 0.3 is 39.5 Å². The Labute approximate surface area is 575 Å². The molecule has 17 nitrogen and oxygen atoms in total. The summed E-state index contributed by atoms with van der Waals surface area (Å²) >= 11 is 0. The molecule has 0 saturated carbocycles. The van der Waals surface area contributed by atoms with E-state index in [1.165, 1.54) is 205 Å². The van der Waals surface area contributed by atoms with Crippen molar-refractivity contribution in [2.45, 2.75) is 407 Å².